The van der Waals surface area contributed by atoms with E-state index in [1.807, 2.05) is 6.92 Å². The first-order valence-electron chi connectivity index (χ1n) is 8.99. The van der Waals surface area contributed by atoms with Crippen LogP contribution in [-0.4, -0.2) is 46.7 Å². The minimum atomic E-state index is -0.214. The molecule has 8 nitrogen and oxygen atoms in total. The number of ether oxygens (including phenoxy) is 2. The number of hydrogen-bond donors (Lipinski definition) is 2. The number of thioether (sulfide) groups is 1. The number of rotatable bonds is 9. The van der Waals surface area contributed by atoms with Crippen LogP contribution in [0.15, 0.2) is 24.3 Å². The molecule has 1 aliphatic rings. The van der Waals surface area contributed by atoms with E-state index in [2.05, 4.69) is 20.8 Å². The van der Waals surface area contributed by atoms with Gasteiger partial charge in [-0.1, -0.05) is 11.3 Å². The Morgan fingerprint density at radius 2 is 1.96 bits per heavy atom. The van der Waals surface area contributed by atoms with Crippen LogP contribution in [0.2, 0.25) is 0 Å². The molecular formula is C18H22N4O4S2. The first kappa shape index (κ1) is 20.6. The van der Waals surface area contributed by atoms with Crippen molar-refractivity contribution in [2.45, 2.75) is 25.9 Å². The van der Waals surface area contributed by atoms with Crippen LogP contribution >= 0.6 is 23.1 Å². The van der Waals surface area contributed by atoms with Crippen molar-refractivity contribution in [2.24, 2.45) is 0 Å². The van der Waals surface area contributed by atoms with E-state index in [1.165, 1.54) is 23.1 Å². The van der Waals surface area contributed by atoms with Gasteiger partial charge in [0.15, 0.2) is 0 Å². The van der Waals surface area contributed by atoms with Crippen LogP contribution in [-0.2, 0) is 14.3 Å². The number of carbonyl (C=O) groups is 2. The zero-order valence-corrected chi connectivity index (χ0v) is 17.1. The molecule has 2 N–H and O–H groups in total. The summed E-state index contributed by atoms with van der Waals surface area (Å²) in [5.74, 6) is 0.710. The Morgan fingerprint density at radius 1 is 1.21 bits per heavy atom. The summed E-state index contributed by atoms with van der Waals surface area (Å²) in [5, 5.41) is 14.8. The average Bonchev–Trinajstić information content (AvgIpc) is 3.35. The summed E-state index contributed by atoms with van der Waals surface area (Å²) in [5.41, 5.74) is 0.689. The molecule has 0 saturated carbocycles. The van der Waals surface area contributed by atoms with Crippen molar-refractivity contribution in [1.29, 1.82) is 0 Å². The van der Waals surface area contributed by atoms with Gasteiger partial charge < -0.3 is 14.8 Å². The summed E-state index contributed by atoms with van der Waals surface area (Å²) < 4.78 is 10.9. The van der Waals surface area contributed by atoms with Gasteiger partial charge in [0.05, 0.1) is 18.1 Å². The predicted octanol–water partition coefficient (Wildman–Crippen LogP) is 3.10. The zero-order chi connectivity index (χ0) is 19.8. The molecule has 1 aromatic carbocycles. The van der Waals surface area contributed by atoms with E-state index in [9.17, 15) is 9.59 Å². The van der Waals surface area contributed by atoms with Gasteiger partial charge in [-0.15, -0.1) is 22.0 Å². The van der Waals surface area contributed by atoms with Gasteiger partial charge in [0, 0.05) is 12.3 Å². The molecule has 2 aromatic rings. The number of aromatic nitrogens is 2. The van der Waals surface area contributed by atoms with Gasteiger partial charge in [-0.25, -0.2) is 0 Å². The lowest BCUT2D eigenvalue weighted by molar-refractivity contribution is -0.114. The van der Waals surface area contributed by atoms with Crippen molar-refractivity contribution in [1.82, 2.24) is 10.2 Å². The van der Waals surface area contributed by atoms with Crippen LogP contribution in [0.3, 0.4) is 0 Å². The number of benzene rings is 1. The Kier molecular flexibility index (Phi) is 7.63. The number of nitrogens with zero attached hydrogens (tertiary/aromatic N) is 2. The maximum atomic E-state index is 12.0. The normalized spacial score (nSPS) is 16.0. The minimum absolute atomic E-state index is 0.0103. The molecule has 0 aliphatic carbocycles. The third-order valence-electron chi connectivity index (χ3n) is 3.81. The third kappa shape index (κ3) is 6.18. The molecule has 1 atom stereocenters. The molecule has 10 heteroatoms. The van der Waals surface area contributed by atoms with Crippen molar-refractivity contribution >= 4 is 45.7 Å². The van der Waals surface area contributed by atoms with E-state index in [4.69, 9.17) is 9.47 Å². The fourth-order valence-corrected chi connectivity index (χ4v) is 4.04. The maximum absolute atomic E-state index is 12.0. The second kappa shape index (κ2) is 10.4. The molecule has 1 aromatic heterocycles. The topological polar surface area (TPSA) is 102 Å². The second-order valence-corrected chi connectivity index (χ2v) is 7.99. The smallest absolute Gasteiger partial charge is 0.236 e. The summed E-state index contributed by atoms with van der Waals surface area (Å²) in [6.45, 7) is 3.25. The highest BCUT2D eigenvalue weighted by molar-refractivity contribution is 8.00. The van der Waals surface area contributed by atoms with Gasteiger partial charge in [-0.3, -0.25) is 14.9 Å². The molecule has 0 radical (unpaired) electrons. The number of anilines is 2. The van der Waals surface area contributed by atoms with Crippen molar-refractivity contribution in [3.63, 3.8) is 0 Å². The predicted molar refractivity (Wildman–Crippen MR) is 110 cm³/mol. The Morgan fingerprint density at radius 3 is 2.64 bits per heavy atom. The first-order valence-corrected chi connectivity index (χ1v) is 11.0. The number of carbonyl (C=O) groups excluding carboxylic acids is 2. The minimum Gasteiger partial charge on any atom is -0.494 e. The highest BCUT2D eigenvalue weighted by Gasteiger charge is 2.22. The molecule has 1 unspecified atom stereocenters. The summed E-state index contributed by atoms with van der Waals surface area (Å²) in [4.78, 5) is 24.0. The van der Waals surface area contributed by atoms with E-state index in [1.54, 1.807) is 24.3 Å². The summed E-state index contributed by atoms with van der Waals surface area (Å²) >= 11 is 2.56. The SMILES string of the molecule is CCOc1ccc(NC(=O)CSCC(=O)Nc2nnc(C3CCCO3)s2)cc1. The highest BCUT2D eigenvalue weighted by atomic mass is 32.2. The highest BCUT2D eigenvalue weighted by Crippen LogP contribution is 2.31. The van der Waals surface area contributed by atoms with Crippen molar-refractivity contribution in [3.05, 3.63) is 29.3 Å². The van der Waals surface area contributed by atoms with Crippen LogP contribution in [0, 0.1) is 0 Å². The second-order valence-electron chi connectivity index (χ2n) is 5.99. The van der Waals surface area contributed by atoms with Gasteiger partial charge in [0.2, 0.25) is 16.9 Å². The lowest BCUT2D eigenvalue weighted by Crippen LogP contribution is -2.18. The van der Waals surface area contributed by atoms with Gasteiger partial charge in [-0.05, 0) is 44.0 Å². The number of amides is 2. The van der Waals surface area contributed by atoms with Gasteiger partial charge in [0.1, 0.15) is 16.9 Å². The fourth-order valence-electron chi connectivity index (χ4n) is 2.58. The Balaban J connectivity index is 1.36. The standard InChI is InChI=1S/C18H22N4O4S2/c1-2-25-13-7-5-12(6-8-13)19-15(23)10-27-11-16(24)20-18-22-21-17(28-18)14-4-3-9-26-14/h5-8,14H,2-4,9-11H2,1H3,(H,19,23)(H,20,22,24). The molecule has 28 heavy (non-hydrogen) atoms. The summed E-state index contributed by atoms with van der Waals surface area (Å²) in [7, 11) is 0. The Bertz CT molecular complexity index is 791. The van der Waals surface area contributed by atoms with Gasteiger partial charge >= 0.3 is 0 Å². The van der Waals surface area contributed by atoms with Crippen LogP contribution in [0.5, 0.6) is 5.75 Å². The first-order chi connectivity index (χ1) is 13.6. The fraction of sp³-hybridized carbons (Fsp3) is 0.444. The molecule has 0 spiro atoms. The van der Waals surface area contributed by atoms with E-state index < -0.39 is 0 Å². The van der Waals surface area contributed by atoms with Crippen LogP contribution < -0.4 is 15.4 Å². The van der Waals surface area contributed by atoms with Crippen LogP contribution in [0.25, 0.3) is 0 Å². The Hall–Kier alpha value is -2.17. The molecule has 2 amide bonds. The van der Waals surface area contributed by atoms with Crippen molar-refractivity contribution < 1.29 is 19.1 Å². The lowest BCUT2D eigenvalue weighted by atomic mass is 10.2. The van der Waals surface area contributed by atoms with Crippen LogP contribution in [0.1, 0.15) is 30.9 Å². The molecule has 150 valence electrons. The monoisotopic (exact) mass is 422 g/mol. The van der Waals surface area contributed by atoms with Gasteiger partial charge in [-0.2, -0.15) is 0 Å². The molecular weight excluding hydrogens is 400 g/mol. The third-order valence-corrected chi connectivity index (χ3v) is 5.67. The number of hydrogen-bond acceptors (Lipinski definition) is 8. The molecule has 0 bridgehead atoms. The molecule has 1 saturated heterocycles. The van der Waals surface area contributed by atoms with E-state index in [-0.39, 0.29) is 29.4 Å². The quantitative estimate of drug-likeness (QED) is 0.640. The average molecular weight is 423 g/mol. The maximum Gasteiger partial charge on any atom is 0.236 e. The van der Waals surface area contributed by atoms with E-state index in [0.29, 0.717) is 17.4 Å². The molecule has 1 fully saturated rings. The lowest BCUT2D eigenvalue weighted by Gasteiger charge is -2.07. The van der Waals surface area contributed by atoms with Gasteiger partial charge in [0.25, 0.3) is 0 Å². The largest absolute Gasteiger partial charge is 0.494 e. The van der Waals surface area contributed by atoms with E-state index >= 15 is 0 Å². The summed E-state index contributed by atoms with van der Waals surface area (Å²) in [6.07, 6.45) is 1.94. The van der Waals surface area contributed by atoms with Crippen molar-refractivity contribution in [2.75, 3.05) is 35.4 Å². The molecule has 2 heterocycles. The summed E-state index contributed by atoms with van der Waals surface area (Å²) in [6, 6.07) is 7.15. The van der Waals surface area contributed by atoms with Crippen LogP contribution in [0.4, 0.5) is 10.8 Å². The molecule has 1 aliphatic heterocycles. The Labute approximate surface area is 171 Å². The van der Waals surface area contributed by atoms with Crippen molar-refractivity contribution in [3.8, 4) is 5.75 Å². The zero-order valence-electron chi connectivity index (χ0n) is 15.5. The number of nitrogens with one attached hydrogen (secondary N) is 2. The molecule has 3 rings (SSSR count). The van der Waals surface area contributed by atoms with E-state index in [0.717, 1.165) is 30.2 Å².